The quantitative estimate of drug-likeness (QED) is 0.611. The van der Waals surface area contributed by atoms with Crippen LogP contribution in [-0.4, -0.2) is 14.3 Å². The smallest absolute Gasteiger partial charge is 0.266 e. The maximum atomic E-state index is 13.9. The maximum Gasteiger partial charge on any atom is 0.266 e. The average molecular weight is 425 g/mol. The highest BCUT2D eigenvalue weighted by Crippen LogP contribution is 2.30. The molecule has 0 spiro atoms. The number of aryl methyl sites for hydroxylation is 1. The summed E-state index contributed by atoms with van der Waals surface area (Å²) in [6.07, 6.45) is 0. The van der Waals surface area contributed by atoms with Crippen molar-refractivity contribution >= 4 is 50.2 Å². The first-order valence-electron chi connectivity index (χ1n) is 7.70. The van der Waals surface area contributed by atoms with E-state index in [9.17, 15) is 17.6 Å². The Morgan fingerprint density at radius 1 is 1.11 bits per heavy atom. The van der Waals surface area contributed by atoms with Crippen LogP contribution in [0.5, 0.6) is 0 Å². The predicted octanol–water partition coefficient (Wildman–Crippen LogP) is 4.90. The molecule has 0 unspecified atom stereocenters. The highest BCUT2D eigenvalue weighted by molar-refractivity contribution is 7.92. The normalized spacial score (nSPS) is 11.2. The third-order valence-electron chi connectivity index (χ3n) is 3.67. The molecule has 9 heteroatoms. The van der Waals surface area contributed by atoms with Crippen LogP contribution in [0.1, 0.15) is 15.2 Å². The number of hydrogen-bond acceptors (Lipinski definition) is 4. The van der Waals surface area contributed by atoms with Gasteiger partial charge in [-0.25, -0.2) is 12.8 Å². The van der Waals surface area contributed by atoms with Crippen molar-refractivity contribution < 1.29 is 17.6 Å². The van der Waals surface area contributed by atoms with Crippen LogP contribution in [-0.2, 0) is 10.0 Å². The van der Waals surface area contributed by atoms with Gasteiger partial charge in [-0.2, -0.15) is 0 Å². The molecule has 0 radical (unpaired) electrons. The molecule has 5 nitrogen and oxygen atoms in total. The van der Waals surface area contributed by atoms with Crippen molar-refractivity contribution in [3.8, 4) is 0 Å². The largest absolute Gasteiger partial charge is 0.319 e. The summed E-state index contributed by atoms with van der Waals surface area (Å²) in [5.74, 6) is -1.27. The monoisotopic (exact) mass is 424 g/mol. The van der Waals surface area contributed by atoms with E-state index in [1.807, 2.05) is 0 Å². The second-order valence-corrected chi connectivity index (χ2v) is 8.62. The van der Waals surface area contributed by atoms with Gasteiger partial charge in [0.15, 0.2) is 0 Å². The molecular formula is C18H14ClFN2O3S2. The van der Waals surface area contributed by atoms with E-state index in [0.717, 1.165) is 17.7 Å². The number of halogens is 2. The van der Waals surface area contributed by atoms with Crippen LogP contribution in [0, 0.1) is 12.7 Å². The zero-order valence-corrected chi connectivity index (χ0v) is 16.4. The lowest BCUT2D eigenvalue weighted by atomic mass is 10.2. The van der Waals surface area contributed by atoms with Gasteiger partial charge >= 0.3 is 0 Å². The Morgan fingerprint density at radius 3 is 2.52 bits per heavy atom. The summed E-state index contributed by atoms with van der Waals surface area (Å²) in [7, 11) is -4.19. The highest BCUT2D eigenvalue weighted by Gasteiger charge is 2.21. The number of carbonyl (C=O) groups is 1. The molecular weight excluding hydrogens is 411 g/mol. The minimum absolute atomic E-state index is 0.0743. The molecule has 2 N–H and O–H groups in total. The number of carbonyl (C=O) groups excluding carboxylic acids is 1. The van der Waals surface area contributed by atoms with Crippen LogP contribution in [0.15, 0.2) is 58.8 Å². The Morgan fingerprint density at radius 2 is 1.85 bits per heavy atom. The molecule has 140 valence electrons. The highest BCUT2D eigenvalue weighted by atomic mass is 35.5. The fraction of sp³-hybridized carbons (Fsp3) is 0.0556. The Hall–Kier alpha value is -2.42. The second-order valence-electron chi connectivity index (χ2n) is 5.61. The van der Waals surface area contributed by atoms with Crippen LogP contribution < -0.4 is 10.0 Å². The topological polar surface area (TPSA) is 75.3 Å². The van der Waals surface area contributed by atoms with Crippen molar-refractivity contribution in [2.45, 2.75) is 11.8 Å². The number of anilines is 2. The molecule has 0 aliphatic heterocycles. The molecule has 2 aromatic carbocycles. The SMILES string of the molecule is Cc1ccsc1C(=O)Nc1cc(Cl)ccc1NS(=O)(=O)c1ccccc1F. The van der Waals surface area contributed by atoms with Gasteiger partial charge in [0.2, 0.25) is 0 Å². The Labute approximate surface area is 164 Å². The lowest BCUT2D eigenvalue weighted by Crippen LogP contribution is -2.18. The van der Waals surface area contributed by atoms with Gasteiger partial charge in [-0.3, -0.25) is 9.52 Å². The van der Waals surface area contributed by atoms with Crippen LogP contribution in [0.4, 0.5) is 15.8 Å². The molecule has 0 bridgehead atoms. The number of benzene rings is 2. The predicted molar refractivity (Wildman–Crippen MR) is 106 cm³/mol. The Kier molecular flexibility index (Phi) is 5.50. The fourth-order valence-electron chi connectivity index (χ4n) is 2.36. The molecule has 1 aromatic heterocycles. The van der Waals surface area contributed by atoms with Crippen LogP contribution >= 0.6 is 22.9 Å². The zero-order valence-electron chi connectivity index (χ0n) is 14.0. The number of sulfonamides is 1. The fourth-order valence-corrected chi connectivity index (χ4v) is 4.51. The molecule has 0 aliphatic rings. The first-order valence-corrected chi connectivity index (χ1v) is 10.4. The van der Waals surface area contributed by atoms with Gasteiger partial charge in [-0.1, -0.05) is 23.7 Å². The third kappa shape index (κ3) is 4.29. The van der Waals surface area contributed by atoms with Gasteiger partial charge in [-0.15, -0.1) is 11.3 Å². The van der Waals surface area contributed by atoms with Gasteiger partial charge in [0.05, 0.1) is 16.3 Å². The first kappa shape index (κ1) is 19.3. The molecule has 1 amide bonds. The lowest BCUT2D eigenvalue weighted by molar-refractivity contribution is 0.103. The average Bonchev–Trinajstić information content (AvgIpc) is 3.03. The zero-order chi connectivity index (χ0) is 19.6. The van der Waals surface area contributed by atoms with E-state index >= 15 is 0 Å². The van der Waals surface area contributed by atoms with Crippen molar-refractivity contribution in [1.82, 2.24) is 0 Å². The van der Waals surface area contributed by atoms with Crippen molar-refractivity contribution in [2.24, 2.45) is 0 Å². The second kappa shape index (κ2) is 7.67. The molecule has 1 heterocycles. The van der Waals surface area contributed by atoms with Gasteiger partial charge in [-0.05, 0) is 54.3 Å². The summed E-state index contributed by atoms with van der Waals surface area (Å²) in [6, 6.07) is 11.1. The van der Waals surface area contributed by atoms with Crippen LogP contribution in [0.25, 0.3) is 0 Å². The maximum absolute atomic E-state index is 13.9. The van der Waals surface area contributed by atoms with Crippen molar-refractivity contribution in [3.05, 3.63) is 75.2 Å². The summed E-state index contributed by atoms with van der Waals surface area (Å²) < 4.78 is 41.2. The van der Waals surface area contributed by atoms with Gasteiger partial charge in [0, 0.05) is 5.02 Å². The van der Waals surface area contributed by atoms with Crippen molar-refractivity contribution in [1.29, 1.82) is 0 Å². The number of rotatable bonds is 5. The first-order chi connectivity index (χ1) is 12.8. The molecule has 0 fully saturated rings. The minimum atomic E-state index is -4.19. The number of amides is 1. The van der Waals surface area contributed by atoms with E-state index in [2.05, 4.69) is 10.0 Å². The molecule has 0 saturated heterocycles. The van der Waals surface area contributed by atoms with E-state index in [-0.39, 0.29) is 11.4 Å². The number of hydrogen-bond donors (Lipinski definition) is 2. The van der Waals surface area contributed by atoms with Crippen molar-refractivity contribution in [2.75, 3.05) is 10.0 Å². The number of thiophene rings is 1. The van der Waals surface area contributed by atoms with E-state index in [1.54, 1.807) is 18.4 Å². The van der Waals surface area contributed by atoms with Gasteiger partial charge < -0.3 is 5.32 Å². The Bertz CT molecular complexity index is 1110. The van der Waals surface area contributed by atoms with E-state index < -0.39 is 26.6 Å². The van der Waals surface area contributed by atoms with Gasteiger partial charge in [0.25, 0.3) is 15.9 Å². The van der Waals surface area contributed by atoms with Crippen LogP contribution in [0.3, 0.4) is 0 Å². The summed E-state index contributed by atoms with van der Waals surface area (Å²) in [5.41, 5.74) is 1.04. The number of nitrogens with one attached hydrogen (secondary N) is 2. The third-order valence-corrected chi connectivity index (χ3v) is 6.32. The Balaban J connectivity index is 1.94. The molecule has 3 rings (SSSR count). The van der Waals surface area contributed by atoms with Crippen LogP contribution in [0.2, 0.25) is 5.02 Å². The minimum Gasteiger partial charge on any atom is -0.319 e. The van der Waals surface area contributed by atoms with E-state index in [4.69, 9.17) is 11.6 Å². The summed E-state index contributed by atoms with van der Waals surface area (Å²) in [5, 5.41) is 4.74. The molecule has 0 aliphatic carbocycles. The molecule has 0 atom stereocenters. The standard InChI is InChI=1S/C18H14ClFN2O3S2/c1-11-8-9-26-17(11)18(23)21-15-10-12(19)6-7-14(15)22-27(24,25)16-5-3-2-4-13(16)20/h2-10,22H,1H3,(H,21,23). The van der Waals surface area contributed by atoms with Crippen molar-refractivity contribution in [3.63, 3.8) is 0 Å². The molecule has 27 heavy (non-hydrogen) atoms. The van der Waals surface area contributed by atoms with Gasteiger partial charge in [0.1, 0.15) is 10.7 Å². The van der Waals surface area contributed by atoms with E-state index in [1.165, 1.54) is 41.7 Å². The van der Waals surface area contributed by atoms with E-state index in [0.29, 0.717) is 9.90 Å². The lowest BCUT2D eigenvalue weighted by Gasteiger charge is -2.14. The summed E-state index contributed by atoms with van der Waals surface area (Å²) in [6.45, 7) is 1.80. The summed E-state index contributed by atoms with van der Waals surface area (Å²) in [4.78, 5) is 12.5. The molecule has 3 aromatic rings. The molecule has 0 saturated carbocycles. The summed E-state index contributed by atoms with van der Waals surface area (Å²) >= 11 is 7.25.